The van der Waals surface area contributed by atoms with E-state index in [9.17, 15) is 0 Å². The standard InChI is InChI=1S/C20H25N5S/c1-22-20(23-13-17-4-2-16(12-21)3-5-17)24-19-6-9-25(10-7-19)14-18-8-11-26-15-18/h2-5,8,11,15,19H,6-7,9-10,13-14H2,1H3,(H2,22,23,24). The van der Waals surface area contributed by atoms with Crippen molar-refractivity contribution in [2.75, 3.05) is 20.1 Å². The molecule has 2 aromatic rings. The van der Waals surface area contributed by atoms with Crippen LogP contribution in [0, 0.1) is 11.3 Å². The molecule has 1 aliphatic rings. The van der Waals surface area contributed by atoms with Crippen molar-refractivity contribution in [2.24, 2.45) is 4.99 Å². The summed E-state index contributed by atoms with van der Waals surface area (Å²) < 4.78 is 0. The third-order valence-corrected chi connectivity index (χ3v) is 5.41. The van der Waals surface area contributed by atoms with Gasteiger partial charge in [-0.2, -0.15) is 16.6 Å². The number of thiophene rings is 1. The lowest BCUT2D eigenvalue weighted by Gasteiger charge is -2.33. The van der Waals surface area contributed by atoms with E-state index in [0.717, 1.165) is 44.0 Å². The number of aliphatic imine (C=N–C) groups is 1. The molecule has 0 bridgehead atoms. The summed E-state index contributed by atoms with van der Waals surface area (Å²) in [5, 5.41) is 20.1. The molecule has 26 heavy (non-hydrogen) atoms. The minimum absolute atomic E-state index is 0.459. The first-order chi connectivity index (χ1) is 12.8. The lowest BCUT2D eigenvalue weighted by atomic mass is 10.0. The Labute approximate surface area is 159 Å². The minimum Gasteiger partial charge on any atom is -0.354 e. The molecule has 1 aromatic heterocycles. The molecule has 0 amide bonds. The number of benzene rings is 1. The highest BCUT2D eigenvalue weighted by atomic mass is 32.1. The van der Waals surface area contributed by atoms with Gasteiger partial charge < -0.3 is 10.6 Å². The van der Waals surface area contributed by atoms with Gasteiger partial charge in [-0.1, -0.05) is 12.1 Å². The van der Waals surface area contributed by atoms with Crippen LogP contribution >= 0.6 is 11.3 Å². The van der Waals surface area contributed by atoms with Crippen molar-refractivity contribution in [1.82, 2.24) is 15.5 Å². The molecule has 3 rings (SSSR count). The van der Waals surface area contributed by atoms with Gasteiger partial charge in [-0.25, -0.2) is 0 Å². The van der Waals surface area contributed by atoms with E-state index < -0.39 is 0 Å². The molecule has 1 saturated heterocycles. The predicted molar refractivity (Wildman–Crippen MR) is 107 cm³/mol. The van der Waals surface area contributed by atoms with E-state index in [1.165, 1.54) is 5.56 Å². The Morgan fingerprint density at radius 3 is 2.62 bits per heavy atom. The fourth-order valence-corrected chi connectivity index (χ4v) is 3.81. The number of piperidine rings is 1. The van der Waals surface area contributed by atoms with E-state index in [-0.39, 0.29) is 0 Å². The van der Waals surface area contributed by atoms with E-state index in [2.05, 4.69) is 43.4 Å². The summed E-state index contributed by atoms with van der Waals surface area (Å²) in [4.78, 5) is 6.86. The summed E-state index contributed by atoms with van der Waals surface area (Å²) in [6.45, 7) is 3.98. The highest BCUT2D eigenvalue weighted by Gasteiger charge is 2.20. The smallest absolute Gasteiger partial charge is 0.191 e. The van der Waals surface area contributed by atoms with Gasteiger partial charge in [0.1, 0.15) is 0 Å². The Kier molecular flexibility index (Phi) is 6.64. The highest BCUT2D eigenvalue weighted by Crippen LogP contribution is 2.15. The molecular weight excluding hydrogens is 342 g/mol. The van der Waals surface area contributed by atoms with Crippen molar-refractivity contribution in [1.29, 1.82) is 5.26 Å². The van der Waals surface area contributed by atoms with Crippen molar-refractivity contribution in [2.45, 2.75) is 32.0 Å². The van der Waals surface area contributed by atoms with Gasteiger partial charge in [-0.15, -0.1) is 0 Å². The van der Waals surface area contributed by atoms with Gasteiger partial charge in [-0.05, 0) is 52.9 Å². The molecule has 0 atom stereocenters. The van der Waals surface area contributed by atoms with Gasteiger partial charge in [0.15, 0.2) is 5.96 Å². The average Bonchev–Trinajstić information content (AvgIpc) is 3.20. The van der Waals surface area contributed by atoms with Crippen LogP contribution < -0.4 is 10.6 Å². The van der Waals surface area contributed by atoms with Crippen molar-refractivity contribution in [3.8, 4) is 6.07 Å². The summed E-state index contributed by atoms with van der Waals surface area (Å²) in [6.07, 6.45) is 2.25. The molecular formula is C20H25N5S. The SMILES string of the molecule is CN=C(NCc1ccc(C#N)cc1)NC1CCN(Cc2ccsc2)CC1. The van der Waals surface area contributed by atoms with Crippen LogP contribution in [-0.2, 0) is 13.1 Å². The minimum atomic E-state index is 0.459. The number of nitriles is 1. The summed E-state index contributed by atoms with van der Waals surface area (Å²) in [5.41, 5.74) is 3.24. The third kappa shape index (κ3) is 5.32. The molecule has 2 heterocycles. The number of hydrogen-bond acceptors (Lipinski definition) is 4. The van der Waals surface area contributed by atoms with Gasteiger partial charge in [0.2, 0.25) is 0 Å². The van der Waals surface area contributed by atoms with Gasteiger partial charge in [0.05, 0.1) is 11.6 Å². The second-order valence-corrected chi connectivity index (χ2v) is 7.34. The molecule has 0 saturated carbocycles. The Morgan fingerprint density at radius 1 is 1.23 bits per heavy atom. The molecule has 0 radical (unpaired) electrons. The number of hydrogen-bond donors (Lipinski definition) is 2. The van der Waals surface area contributed by atoms with E-state index in [0.29, 0.717) is 18.2 Å². The number of likely N-dealkylation sites (tertiary alicyclic amines) is 1. The summed E-state index contributed by atoms with van der Waals surface area (Å²) in [7, 11) is 1.81. The van der Waals surface area contributed by atoms with Crippen molar-refractivity contribution < 1.29 is 0 Å². The van der Waals surface area contributed by atoms with Gasteiger partial charge in [-0.3, -0.25) is 9.89 Å². The lowest BCUT2D eigenvalue weighted by Crippen LogP contribution is -2.48. The van der Waals surface area contributed by atoms with Gasteiger partial charge in [0.25, 0.3) is 0 Å². The largest absolute Gasteiger partial charge is 0.354 e. The number of guanidine groups is 1. The quantitative estimate of drug-likeness (QED) is 0.630. The monoisotopic (exact) mass is 367 g/mol. The first-order valence-electron chi connectivity index (χ1n) is 8.96. The summed E-state index contributed by atoms with van der Waals surface area (Å²) in [6, 6.07) is 12.4. The molecule has 5 nitrogen and oxygen atoms in total. The topological polar surface area (TPSA) is 63.5 Å². The zero-order valence-corrected chi connectivity index (χ0v) is 15.9. The molecule has 2 N–H and O–H groups in total. The van der Waals surface area contributed by atoms with E-state index >= 15 is 0 Å². The van der Waals surface area contributed by atoms with Crippen LogP contribution in [0.4, 0.5) is 0 Å². The number of nitrogens with zero attached hydrogens (tertiary/aromatic N) is 3. The Morgan fingerprint density at radius 2 is 2.00 bits per heavy atom. The van der Waals surface area contributed by atoms with Crippen molar-refractivity contribution in [3.63, 3.8) is 0 Å². The van der Waals surface area contributed by atoms with Crippen LogP contribution in [0.1, 0.15) is 29.5 Å². The van der Waals surface area contributed by atoms with Crippen LogP contribution in [0.25, 0.3) is 0 Å². The maximum absolute atomic E-state index is 8.86. The Balaban J connectivity index is 1.41. The number of rotatable bonds is 5. The normalized spacial score (nSPS) is 16.2. The van der Waals surface area contributed by atoms with Crippen molar-refractivity contribution in [3.05, 3.63) is 57.8 Å². The maximum Gasteiger partial charge on any atom is 0.191 e. The van der Waals surface area contributed by atoms with Crippen LogP contribution in [0.15, 0.2) is 46.1 Å². The predicted octanol–water partition coefficient (Wildman–Crippen LogP) is 2.95. The lowest BCUT2D eigenvalue weighted by molar-refractivity contribution is 0.198. The third-order valence-electron chi connectivity index (χ3n) is 4.68. The van der Waals surface area contributed by atoms with E-state index in [1.54, 1.807) is 18.4 Å². The van der Waals surface area contributed by atoms with Crippen LogP contribution in [0.2, 0.25) is 0 Å². The zero-order chi connectivity index (χ0) is 18.2. The summed E-state index contributed by atoms with van der Waals surface area (Å²) >= 11 is 1.77. The van der Waals surface area contributed by atoms with Crippen LogP contribution in [0.5, 0.6) is 0 Å². The molecule has 136 valence electrons. The summed E-state index contributed by atoms with van der Waals surface area (Å²) in [5.74, 6) is 0.839. The molecule has 1 fully saturated rings. The molecule has 1 aliphatic heterocycles. The van der Waals surface area contributed by atoms with Crippen molar-refractivity contribution >= 4 is 17.3 Å². The van der Waals surface area contributed by atoms with Gasteiger partial charge >= 0.3 is 0 Å². The molecule has 6 heteroatoms. The number of nitrogens with one attached hydrogen (secondary N) is 2. The first kappa shape index (κ1) is 18.4. The fourth-order valence-electron chi connectivity index (χ4n) is 3.15. The average molecular weight is 368 g/mol. The molecule has 0 aliphatic carbocycles. The van der Waals surface area contributed by atoms with E-state index in [4.69, 9.17) is 5.26 Å². The zero-order valence-electron chi connectivity index (χ0n) is 15.1. The van der Waals surface area contributed by atoms with Crippen LogP contribution in [0.3, 0.4) is 0 Å². The van der Waals surface area contributed by atoms with Gasteiger partial charge in [0, 0.05) is 39.3 Å². The maximum atomic E-state index is 8.86. The Hall–Kier alpha value is -2.36. The highest BCUT2D eigenvalue weighted by molar-refractivity contribution is 7.07. The second-order valence-electron chi connectivity index (χ2n) is 6.56. The first-order valence-corrected chi connectivity index (χ1v) is 9.91. The molecule has 1 aromatic carbocycles. The van der Waals surface area contributed by atoms with Crippen LogP contribution in [-0.4, -0.2) is 37.0 Å². The Bertz CT molecular complexity index is 738. The fraction of sp³-hybridized carbons (Fsp3) is 0.400. The molecule has 0 spiro atoms. The molecule has 0 unspecified atom stereocenters. The second kappa shape index (κ2) is 9.37. The van der Waals surface area contributed by atoms with E-state index in [1.807, 2.05) is 24.3 Å².